The van der Waals surface area contributed by atoms with Crippen LogP contribution in [0.5, 0.6) is 0 Å². The van der Waals surface area contributed by atoms with Crippen molar-refractivity contribution in [3.63, 3.8) is 0 Å². The van der Waals surface area contributed by atoms with Gasteiger partial charge in [0.25, 0.3) is 9.05 Å². The fourth-order valence-corrected chi connectivity index (χ4v) is 4.28. The van der Waals surface area contributed by atoms with Gasteiger partial charge in [-0.3, -0.25) is 0 Å². The van der Waals surface area contributed by atoms with Crippen LogP contribution in [-0.4, -0.2) is 42.8 Å². The number of nitrogens with one attached hydrogen (secondary N) is 1. The van der Waals surface area contributed by atoms with Gasteiger partial charge in [0, 0.05) is 29.2 Å². The zero-order valence-corrected chi connectivity index (χ0v) is 13.3. The maximum Gasteiger partial charge on any atom is 0.270 e. The average molecular weight is 348 g/mol. The lowest BCUT2D eigenvalue weighted by Gasteiger charge is -2.04. The maximum absolute atomic E-state index is 11.4. The van der Waals surface area contributed by atoms with Crippen LogP contribution in [-0.2, 0) is 30.2 Å². The summed E-state index contributed by atoms with van der Waals surface area (Å²) in [6.07, 6.45) is 0.406. The van der Waals surface area contributed by atoms with E-state index in [1.807, 2.05) is 0 Å². The van der Waals surface area contributed by atoms with E-state index in [1.165, 1.54) is 13.2 Å². The van der Waals surface area contributed by atoms with Crippen molar-refractivity contribution in [1.29, 1.82) is 0 Å². The normalized spacial score (nSPS) is 12.7. The molecule has 1 heterocycles. The molecular weight excluding hydrogens is 334 g/mol. The Labute approximate surface area is 121 Å². The lowest BCUT2D eigenvalue weighted by atomic mass is 10.3. The molecule has 0 amide bonds. The molecule has 0 fully saturated rings. The molecule has 0 unspecified atom stereocenters. The van der Waals surface area contributed by atoms with Crippen LogP contribution in [0, 0.1) is 0 Å². The Hall–Kier alpha value is -0.190. The van der Waals surface area contributed by atoms with Crippen molar-refractivity contribution in [3.8, 4) is 0 Å². The summed E-state index contributed by atoms with van der Waals surface area (Å²) in [5, 5.41) is 0. The predicted octanol–water partition coefficient (Wildman–Crippen LogP) is 0.784. The molecule has 0 saturated carbocycles. The van der Waals surface area contributed by atoms with E-state index in [0.717, 1.165) is 16.2 Å². The Bertz CT molecular complexity index is 608. The fourth-order valence-electron chi connectivity index (χ4n) is 1.22. The topological polar surface area (TPSA) is 89.5 Å². The van der Waals surface area contributed by atoms with Crippen LogP contribution < -0.4 is 4.72 Å². The van der Waals surface area contributed by atoms with Gasteiger partial charge in [-0.2, -0.15) is 0 Å². The molecule has 10 heteroatoms. The van der Waals surface area contributed by atoms with Crippen molar-refractivity contribution in [2.24, 2.45) is 0 Å². The third kappa shape index (κ3) is 6.19. The zero-order valence-electron chi connectivity index (χ0n) is 10.1. The highest BCUT2D eigenvalue weighted by atomic mass is 35.7. The molecule has 1 aromatic heterocycles. The summed E-state index contributed by atoms with van der Waals surface area (Å²) in [4.78, 5) is 0.744. The first-order valence-corrected chi connectivity index (χ1v) is 10.0. The summed E-state index contributed by atoms with van der Waals surface area (Å²) in [7, 11) is -0.443. The van der Waals surface area contributed by atoms with Crippen molar-refractivity contribution in [2.75, 3.05) is 26.0 Å². The van der Waals surface area contributed by atoms with E-state index in [2.05, 4.69) is 9.46 Å². The first-order valence-electron chi connectivity index (χ1n) is 5.24. The number of halogens is 1. The molecule has 0 aliphatic carbocycles. The third-order valence-corrected chi connectivity index (χ3v) is 6.71. The van der Waals surface area contributed by atoms with Crippen LogP contribution in [0.3, 0.4) is 0 Å². The summed E-state index contributed by atoms with van der Waals surface area (Å²) in [6, 6.07) is 3.02. The Morgan fingerprint density at radius 3 is 2.53 bits per heavy atom. The summed E-state index contributed by atoms with van der Waals surface area (Å²) >= 11 is 1.03. The molecule has 1 N–H and O–H groups in total. The molecule has 19 heavy (non-hydrogen) atoms. The second-order valence-corrected chi connectivity index (χ2v) is 9.50. The van der Waals surface area contributed by atoms with E-state index >= 15 is 0 Å². The molecule has 0 atom stereocenters. The molecule has 1 rings (SSSR count). The minimum atomic E-state index is -3.71. The summed E-state index contributed by atoms with van der Waals surface area (Å²) in [5.74, 6) is -0.102. The molecule has 110 valence electrons. The Morgan fingerprint density at radius 2 is 2.00 bits per heavy atom. The monoisotopic (exact) mass is 347 g/mol. The largest absolute Gasteiger partial charge is 0.384 e. The lowest BCUT2D eigenvalue weighted by molar-refractivity contribution is 0.217. The molecule has 0 aliphatic rings. The Balaban J connectivity index is 2.48. The zero-order chi connectivity index (χ0) is 14.5. The summed E-state index contributed by atoms with van der Waals surface area (Å²) in [6.45, 7) is 0.331. The molecule has 1 aromatic rings. The van der Waals surface area contributed by atoms with Gasteiger partial charge in [0.1, 0.15) is 4.21 Å². The number of thiophene rings is 1. The second-order valence-electron chi connectivity index (χ2n) is 3.61. The van der Waals surface area contributed by atoms with E-state index in [4.69, 9.17) is 10.7 Å². The maximum atomic E-state index is 11.4. The van der Waals surface area contributed by atoms with Gasteiger partial charge in [-0.05, 0) is 18.6 Å². The number of ether oxygens (including phenoxy) is 1. The SMILES string of the molecule is COCCS(=O)(=O)NCCc1ccc(S(=O)(=O)Cl)s1. The van der Waals surface area contributed by atoms with E-state index in [9.17, 15) is 16.8 Å². The van der Waals surface area contributed by atoms with Gasteiger partial charge in [0.2, 0.25) is 10.0 Å². The second kappa shape index (κ2) is 7.00. The Morgan fingerprint density at radius 1 is 1.32 bits per heavy atom. The molecule has 0 spiro atoms. The Kier molecular flexibility index (Phi) is 6.21. The van der Waals surface area contributed by atoms with Crippen LogP contribution in [0.2, 0.25) is 0 Å². The van der Waals surface area contributed by atoms with Crippen molar-refractivity contribution >= 4 is 41.1 Å². The molecule has 0 aromatic carbocycles. The van der Waals surface area contributed by atoms with Crippen LogP contribution >= 0.6 is 22.0 Å². The summed E-state index contributed by atoms with van der Waals surface area (Å²) < 4.78 is 52.1. The molecule has 0 saturated heterocycles. The van der Waals surface area contributed by atoms with Crippen molar-refractivity contribution in [1.82, 2.24) is 4.72 Å². The highest BCUT2D eigenvalue weighted by Gasteiger charge is 2.14. The van der Waals surface area contributed by atoms with Crippen LogP contribution in [0.15, 0.2) is 16.3 Å². The van der Waals surface area contributed by atoms with Crippen molar-refractivity contribution in [3.05, 3.63) is 17.0 Å². The number of rotatable bonds is 8. The van der Waals surface area contributed by atoms with Gasteiger partial charge in [0.15, 0.2) is 0 Å². The van der Waals surface area contributed by atoms with Gasteiger partial charge in [0.05, 0.1) is 12.4 Å². The molecule has 0 aliphatic heterocycles. The lowest BCUT2D eigenvalue weighted by Crippen LogP contribution is -2.29. The van der Waals surface area contributed by atoms with Crippen molar-refractivity contribution < 1.29 is 21.6 Å². The third-order valence-electron chi connectivity index (χ3n) is 2.13. The first kappa shape index (κ1) is 16.9. The number of sulfonamides is 1. The van der Waals surface area contributed by atoms with E-state index in [1.54, 1.807) is 6.07 Å². The number of hydrogen-bond donors (Lipinski definition) is 1. The fraction of sp³-hybridized carbons (Fsp3) is 0.556. The molecule has 6 nitrogen and oxygen atoms in total. The van der Waals surface area contributed by atoms with Gasteiger partial charge < -0.3 is 4.74 Å². The van der Waals surface area contributed by atoms with Gasteiger partial charge in [-0.15, -0.1) is 11.3 Å². The average Bonchev–Trinajstić information content (AvgIpc) is 2.74. The number of hydrogen-bond acceptors (Lipinski definition) is 6. The quantitative estimate of drug-likeness (QED) is 0.702. The van der Waals surface area contributed by atoms with Gasteiger partial charge in [-0.1, -0.05) is 0 Å². The molecule has 0 bridgehead atoms. The van der Waals surface area contributed by atoms with E-state index < -0.39 is 19.1 Å². The van der Waals surface area contributed by atoms with Gasteiger partial charge in [-0.25, -0.2) is 21.6 Å². The van der Waals surface area contributed by atoms with Crippen LogP contribution in [0.4, 0.5) is 0 Å². The highest BCUT2D eigenvalue weighted by molar-refractivity contribution is 8.15. The standard InChI is InChI=1S/C9H14ClNO5S3/c1-16-6-7-18(12,13)11-5-4-8-2-3-9(17-8)19(10,14)15/h2-3,11H,4-7H2,1H3. The van der Waals surface area contributed by atoms with E-state index in [-0.39, 0.29) is 23.1 Å². The predicted molar refractivity (Wildman–Crippen MR) is 74.7 cm³/mol. The van der Waals surface area contributed by atoms with Crippen molar-refractivity contribution in [2.45, 2.75) is 10.6 Å². The highest BCUT2D eigenvalue weighted by Crippen LogP contribution is 2.24. The molecular formula is C9H14ClNO5S3. The van der Waals surface area contributed by atoms with E-state index in [0.29, 0.717) is 6.42 Å². The minimum Gasteiger partial charge on any atom is -0.384 e. The first-order chi connectivity index (χ1) is 8.74. The van der Waals surface area contributed by atoms with Crippen LogP contribution in [0.1, 0.15) is 4.88 Å². The van der Waals surface area contributed by atoms with Gasteiger partial charge >= 0.3 is 0 Å². The summed E-state index contributed by atoms with van der Waals surface area (Å²) in [5.41, 5.74) is 0. The minimum absolute atomic E-state index is 0.0615. The smallest absolute Gasteiger partial charge is 0.270 e. The molecule has 0 radical (unpaired) electrons. The number of methoxy groups -OCH3 is 1. The van der Waals surface area contributed by atoms with Crippen LogP contribution in [0.25, 0.3) is 0 Å².